The molecule has 0 aromatic heterocycles. The molecule has 2 aromatic carbocycles. The third kappa shape index (κ3) is 3.04. The summed E-state index contributed by atoms with van der Waals surface area (Å²) in [4.78, 5) is 12.4. The van der Waals surface area contributed by atoms with Gasteiger partial charge in [0.1, 0.15) is 5.82 Å². The van der Waals surface area contributed by atoms with Gasteiger partial charge in [-0.15, -0.1) is 0 Å². The molecule has 0 spiro atoms. The lowest BCUT2D eigenvalue weighted by molar-refractivity contribution is 0.0924. The minimum absolute atomic E-state index is 0.206. The lowest BCUT2D eigenvalue weighted by Crippen LogP contribution is -2.49. The molecule has 0 aliphatic carbocycles. The van der Waals surface area contributed by atoms with Crippen LogP contribution in [0.25, 0.3) is 10.8 Å². The molecule has 2 nitrogen and oxygen atoms in total. The van der Waals surface area contributed by atoms with Crippen LogP contribution in [0, 0.1) is 5.82 Å². The van der Waals surface area contributed by atoms with Crippen molar-refractivity contribution in [1.29, 1.82) is 0 Å². The lowest BCUT2D eigenvalue weighted by atomic mass is 10.0. The van der Waals surface area contributed by atoms with Gasteiger partial charge in [0.25, 0.3) is 5.91 Å². The number of halogens is 3. The third-order valence-corrected chi connectivity index (χ3v) is 5.60. The van der Waals surface area contributed by atoms with Gasteiger partial charge in [-0.05, 0) is 24.4 Å². The van der Waals surface area contributed by atoms with Crippen molar-refractivity contribution in [2.24, 2.45) is 0 Å². The fraction of sp³-hybridized carbons (Fsp3) is 0.267. The van der Waals surface area contributed by atoms with Crippen molar-refractivity contribution >= 4 is 48.5 Å². The van der Waals surface area contributed by atoms with Crippen LogP contribution in [-0.2, 0) is 0 Å². The van der Waals surface area contributed by atoms with E-state index in [1.165, 1.54) is 12.1 Å². The topological polar surface area (TPSA) is 29.1 Å². The first-order valence-electron chi connectivity index (χ1n) is 6.12. The maximum atomic E-state index is 13.8. The van der Waals surface area contributed by atoms with Crippen molar-refractivity contribution in [3.63, 3.8) is 0 Å². The van der Waals surface area contributed by atoms with Crippen molar-refractivity contribution in [1.82, 2.24) is 5.32 Å². The normalized spacial score (nSPS) is 11.6. The molecule has 0 unspecified atom stereocenters. The molecule has 106 valence electrons. The van der Waals surface area contributed by atoms with E-state index in [4.69, 9.17) is 0 Å². The SMILES string of the molecule is CC(CBr)(CBr)NC(=O)c1ccc(F)c2ccccc12. The van der Waals surface area contributed by atoms with E-state index in [1.807, 2.05) is 6.92 Å². The summed E-state index contributed by atoms with van der Waals surface area (Å²) in [6, 6.07) is 9.84. The highest BCUT2D eigenvalue weighted by molar-refractivity contribution is 9.09. The van der Waals surface area contributed by atoms with E-state index in [0.717, 1.165) is 0 Å². The van der Waals surface area contributed by atoms with Gasteiger partial charge < -0.3 is 5.32 Å². The second kappa shape index (κ2) is 6.22. The van der Waals surface area contributed by atoms with Crippen molar-refractivity contribution in [3.05, 3.63) is 47.8 Å². The van der Waals surface area contributed by atoms with Gasteiger partial charge in [-0.25, -0.2) is 4.39 Å². The third-order valence-electron chi connectivity index (χ3n) is 3.12. The number of amides is 1. The number of carbonyl (C=O) groups is 1. The highest BCUT2D eigenvalue weighted by Gasteiger charge is 2.25. The van der Waals surface area contributed by atoms with Crippen LogP contribution in [0.4, 0.5) is 4.39 Å². The predicted octanol–water partition coefficient (Wildman–Crippen LogP) is 4.26. The zero-order valence-corrected chi connectivity index (χ0v) is 14.1. The molecular formula is C15H14Br2FNO. The summed E-state index contributed by atoms with van der Waals surface area (Å²) in [6.07, 6.45) is 0. The van der Waals surface area contributed by atoms with Gasteiger partial charge in [-0.2, -0.15) is 0 Å². The molecule has 2 aromatic rings. The number of alkyl halides is 2. The number of carbonyl (C=O) groups excluding carboxylic acids is 1. The smallest absolute Gasteiger partial charge is 0.252 e. The zero-order chi connectivity index (χ0) is 14.8. The van der Waals surface area contributed by atoms with Crippen LogP contribution >= 0.6 is 31.9 Å². The lowest BCUT2D eigenvalue weighted by Gasteiger charge is -2.26. The molecule has 2 rings (SSSR count). The Hall–Kier alpha value is -0.940. The van der Waals surface area contributed by atoms with E-state index in [1.54, 1.807) is 24.3 Å². The Kier molecular flexibility index (Phi) is 4.81. The molecule has 5 heteroatoms. The average molecular weight is 403 g/mol. The summed E-state index contributed by atoms with van der Waals surface area (Å²) in [5.41, 5.74) is 0.0853. The van der Waals surface area contributed by atoms with E-state index in [0.29, 0.717) is 27.0 Å². The van der Waals surface area contributed by atoms with Crippen LogP contribution in [0.15, 0.2) is 36.4 Å². The van der Waals surface area contributed by atoms with E-state index >= 15 is 0 Å². The van der Waals surface area contributed by atoms with Gasteiger partial charge in [0, 0.05) is 21.6 Å². The first kappa shape index (κ1) is 15.4. The van der Waals surface area contributed by atoms with Crippen LogP contribution in [0.3, 0.4) is 0 Å². The van der Waals surface area contributed by atoms with Crippen molar-refractivity contribution in [3.8, 4) is 0 Å². The maximum Gasteiger partial charge on any atom is 0.252 e. The van der Waals surface area contributed by atoms with Gasteiger partial charge in [-0.1, -0.05) is 56.1 Å². The Labute approximate surface area is 134 Å². The number of nitrogens with one attached hydrogen (secondary N) is 1. The van der Waals surface area contributed by atoms with Gasteiger partial charge in [-0.3, -0.25) is 4.79 Å². The van der Waals surface area contributed by atoms with Crippen molar-refractivity contribution in [2.75, 3.05) is 10.7 Å². The highest BCUT2D eigenvalue weighted by Crippen LogP contribution is 2.22. The summed E-state index contributed by atoms with van der Waals surface area (Å²) in [7, 11) is 0. The predicted molar refractivity (Wildman–Crippen MR) is 87.4 cm³/mol. The second-order valence-corrected chi connectivity index (χ2v) is 6.04. The molecule has 0 bridgehead atoms. The van der Waals surface area contributed by atoms with Gasteiger partial charge in [0.15, 0.2) is 0 Å². The van der Waals surface area contributed by atoms with Gasteiger partial charge >= 0.3 is 0 Å². The number of benzene rings is 2. The molecule has 1 amide bonds. The first-order chi connectivity index (χ1) is 9.50. The van der Waals surface area contributed by atoms with Crippen LogP contribution in [-0.4, -0.2) is 22.1 Å². The van der Waals surface area contributed by atoms with E-state index in [-0.39, 0.29) is 11.7 Å². The van der Waals surface area contributed by atoms with E-state index in [9.17, 15) is 9.18 Å². The van der Waals surface area contributed by atoms with Crippen molar-refractivity contribution in [2.45, 2.75) is 12.5 Å². The molecule has 0 fully saturated rings. The van der Waals surface area contributed by atoms with E-state index in [2.05, 4.69) is 37.2 Å². The summed E-state index contributed by atoms with van der Waals surface area (Å²) in [6.45, 7) is 1.93. The minimum atomic E-state index is -0.396. The molecule has 0 saturated carbocycles. The minimum Gasteiger partial charge on any atom is -0.345 e. The summed E-state index contributed by atoms with van der Waals surface area (Å²) in [5.74, 6) is -0.525. The zero-order valence-electron chi connectivity index (χ0n) is 10.9. The van der Waals surface area contributed by atoms with Crippen molar-refractivity contribution < 1.29 is 9.18 Å². The Bertz CT molecular complexity index is 641. The van der Waals surface area contributed by atoms with Crippen LogP contribution in [0.1, 0.15) is 17.3 Å². The monoisotopic (exact) mass is 401 g/mol. The first-order valence-corrected chi connectivity index (χ1v) is 8.37. The fourth-order valence-corrected chi connectivity index (χ4v) is 3.11. The molecule has 1 N–H and O–H groups in total. The van der Waals surface area contributed by atoms with Gasteiger partial charge in [0.2, 0.25) is 0 Å². The average Bonchev–Trinajstić information content (AvgIpc) is 2.47. The maximum absolute atomic E-state index is 13.8. The van der Waals surface area contributed by atoms with E-state index < -0.39 is 5.54 Å². The Morgan fingerprint density at radius 3 is 2.35 bits per heavy atom. The molecule has 0 atom stereocenters. The largest absolute Gasteiger partial charge is 0.345 e. The number of hydrogen-bond acceptors (Lipinski definition) is 1. The molecule has 0 saturated heterocycles. The standard InChI is InChI=1S/C15H14Br2FNO/c1-15(8-16,9-17)19-14(20)12-6-7-13(18)11-5-3-2-4-10(11)12/h2-7H,8-9H2,1H3,(H,19,20). The van der Waals surface area contributed by atoms with Gasteiger partial charge in [0.05, 0.1) is 5.54 Å². The molecular weight excluding hydrogens is 389 g/mol. The molecule has 0 aliphatic heterocycles. The summed E-state index contributed by atoms with van der Waals surface area (Å²) < 4.78 is 13.8. The quantitative estimate of drug-likeness (QED) is 0.760. The second-order valence-electron chi connectivity index (χ2n) is 4.92. The number of fused-ring (bicyclic) bond motifs is 1. The fourth-order valence-electron chi connectivity index (χ4n) is 1.90. The molecule has 0 heterocycles. The Balaban J connectivity index is 2.43. The molecule has 0 radical (unpaired) electrons. The Morgan fingerprint density at radius 1 is 1.15 bits per heavy atom. The van der Waals surface area contributed by atoms with Crippen LogP contribution in [0.2, 0.25) is 0 Å². The van der Waals surface area contributed by atoms with Crippen LogP contribution in [0.5, 0.6) is 0 Å². The Morgan fingerprint density at radius 2 is 1.75 bits per heavy atom. The summed E-state index contributed by atoms with van der Waals surface area (Å²) in [5, 5.41) is 5.29. The number of rotatable bonds is 4. The molecule has 0 aliphatic rings. The summed E-state index contributed by atoms with van der Waals surface area (Å²) >= 11 is 6.78. The molecule has 20 heavy (non-hydrogen) atoms. The highest BCUT2D eigenvalue weighted by atomic mass is 79.9. The number of hydrogen-bond donors (Lipinski definition) is 1. The van der Waals surface area contributed by atoms with Crippen LogP contribution < -0.4 is 5.32 Å².